The lowest BCUT2D eigenvalue weighted by atomic mass is 9.69. The van der Waals surface area contributed by atoms with Gasteiger partial charge in [-0.3, -0.25) is 4.79 Å². The highest BCUT2D eigenvalue weighted by atomic mass is 16.5. The Labute approximate surface area is 138 Å². The molecule has 4 heteroatoms. The Hall–Kier alpha value is -1.55. The van der Waals surface area contributed by atoms with E-state index in [2.05, 4.69) is 6.92 Å². The third-order valence-electron chi connectivity index (χ3n) is 5.61. The molecule has 1 saturated carbocycles. The number of aliphatic hydroxyl groups is 1. The standard InChI is InChI=1S/C19H27NO3/c1-2-19(22)11-6-7-15-13-20(14-17(15)19)18(21)10-12-23-16-8-4-3-5-9-16/h3-5,8-9,15,17,22H,2,6-7,10-14H2,1H3/t15-,17+,19-/m0/s1. The molecular weight excluding hydrogens is 290 g/mol. The molecule has 1 saturated heterocycles. The van der Waals surface area contributed by atoms with Crippen LogP contribution in [0.2, 0.25) is 0 Å². The van der Waals surface area contributed by atoms with E-state index in [1.165, 1.54) is 0 Å². The van der Waals surface area contributed by atoms with Crippen LogP contribution in [0, 0.1) is 11.8 Å². The van der Waals surface area contributed by atoms with E-state index < -0.39 is 5.60 Å². The number of rotatable bonds is 5. The number of carbonyl (C=O) groups excluding carboxylic acids is 1. The summed E-state index contributed by atoms with van der Waals surface area (Å²) in [6.07, 6.45) is 4.28. The molecule has 0 spiro atoms. The number of hydrogen-bond donors (Lipinski definition) is 1. The number of fused-ring (bicyclic) bond motifs is 1. The Bertz CT molecular complexity index is 533. The van der Waals surface area contributed by atoms with Gasteiger partial charge in [0.15, 0.2) is 0 Å². The number of hydrogen-bond acceptors (Lipinski definition) is 3. The molecule has 1 amide bonds. The van der Waals surface area contributed by atoms with Gasteiger partial charge in [-0.25, -0.2) is 0 Å². The van der Waals surface area contributed by atoms with Gasteiger partial charge in [-0.05, 0) is 37.3 Å². The van der Waals surface area contributed by atoms with Crippen LogP contribution in [0.25, 0.3) is 0 Å². The second kappa shape index (κ2) is 6.91. The van der Waals surface area contributed by atoms with Crippen molar-refractivity contribution in [1.82, 2.24) is 4.90 Å². The molecule has 0 bridgehead atoms. The van der Waals surface area contributed by atoms with Crippen LogP contribution in [0.15, 0.2) is 30.3 Å². The Balaban J connectivity index is 1.51. The maximum absolute atomic E-state index is 12.4. The first-order valence-electron chi connectivity index (χ1n) is 8.80. The van der Waals surface area contributed by atoms with Gasteiger partial charge in [-0.1, -0.05) is 31.5 Å². The molecule has 1 aliphatic carbocycles. The summed E-state index contributed by atoms with van der Waals surface area (Å²) in [4.78, 5) is 14.4. The predicted molar refractivity (Wildman–Crippen MR) is 89.2 cm³/mol. The topological polar surface area (TPSA) is 49.8 Å². The van der Waals surface area contributed by atoms with Crippen LogP contribution in [0.4, 0.5) is 0 Å². The largest absolute Gasteiger partial charge is 0.493 e. The summed E-state index contributed by atoms with van der Waals surface area (Å²) < 4.78 is 5.62. The van der Waals surface area contributed by atoms with Crippen molar-refractivity contribution in [3.05, 3.63) is 30.3 Å². The van der Waals surface area contributed by atoms with Gasteiger partial charge in [0, 0.05) is 19.0 Å². The van der Waals surface area contributed by atoms with Crippen molar-refractivity contribution in [2.45, 2.75) is 44.6 Å². The Morgan fingerprint density at radius 2 is 2.13 bits per heavy atom. The van der Waals surface area contributed by atoms with Crippen LogP contribution >= 0.6 is 0 Å². The Morgan fingerprint density at radius 3 is 2.87 bits per heavy atom. The van der Waals surface area contributed by atoms with Gasteiger partial charge < -0.3 is 14.7 Å². The maximum atomic E-state index is 12.4. The van der Waals surface area contributed by atoms with E-state index in [0.29, 0.717) is 25.5 Å². The molecule has 0 radical (unpaired) electrons. The number of likely N-dealkylation sites (tertiary alicyclic amines) is 1. The number of amides is 1. The lowest BCUT2D eigenvalue weighted by Crippen LogP contribution is -2.44. The molecule has 126 valence electrons. The summed E-state index contributed by atoms with van der Waals surface area (Å²) in [6.45, 7) is 3.98. The van der Waals surface area contributed by atoms with E-state index in [4.69, 9.17) is 4.74 Å². The van der Waals surface area contributed by atoms with E-state index in [1.54, 1.807) is 0 Å². The fraction of sp³-hybridized carbons (Fsp3) is 0.632. The van der Waals surface area contributed by atoms with Gasteiger partial charge >= 0.3 is 0 Å². The summed E-state index contributed by atoms with van der Waals surface area (Å²) in [7, 11) is 0. The van der Waals surface area contributed by atoms with Gasteiger partial charge in [-0.2, -0.15) is 0 Å². The zero-order valence-electron chi connectivity index (χ0n) is 13.9. The smallest absolute Gasteiger partial charge is 0.226 e. The summed E-state index contributed by atoms with van der Waals surface area (Å²) in [5.41, 5.74) is -0.571. The van der Waals surface area contributed by atoms with Gasteiger partial charge in [0.2, 0.25) is 5.91 Å². The molecule has 4 nitrogen and oxygen atoms in total. The van der Waals surface area contributed by atoms with Crippen molar-refractivity contribution in [3.8, 4) is 5.75 Å². The molecule has 1 aromatic carbocycles. The van der Waals surface area contributed by atoms with Crippen molar-refractivity contribution in [2.24, 2.45) is 11.8 Å². The van der Waals surface area contributed by atoms with E-state index in [9.17, 15) is 9.90 Å². The summed E-state index contributed by atoms with van der Waals surface area (Å²) >= 11 is 0. The van der Waals surface area contributed by atoms with E-state index >= 15 is 0 Å². The van der Waals surface area contributed by atoms with E-state index in [-0.39, 0.29) is 11.8 Å². The second-order valence-corrected chi connectivity index (χ2v) is 6.93. The highest BCUT2D eigenvalue weighted by Crippen LogP contribution is 2.44. The van der Waals surface area contributed by atoms with Crippen molar-refractivity contribution in [1.29, 1.82) is 0 Å². The number of ether oxygens (including phenoxy) is 1. The zero-order valence-corrected chi connectivity index (χ0v) is 13.9. The first-order chi connectivity index (χ1) is 11.1. The molecule has 0 aromatic heterocycles. The fourth-order valence-corrected chi connectivity index (χ4v) is 4.20. The van der Waals surface area contributed by atoms with Crippen molar-refractivity contribution >= 4 is 5.91 Å². The minimum Gasteiger partial charge on any atom is -0.493 e. The van der Waals surface area contributed by atoms with Crippen LogP contribution in [-0.2, 0) is 4.79 Å². The van der Waals surface area contributed by atoms with Crippen LogP contribution < -0.4 is 4.74 Å². The average molecular weight is 317 g/mol. The van der Waals surface area contributed by atoms with Crippen molar-refractivity contribution in [3.63, 3.8) is 0 Å². The third-order valence-corrected chi connectivity index (χ3v) is 5.61. The number of nitrogens with zero attached hydrogens (tertiary/aromatic N) is 1. The molecule has 3 rings (SSSR count). The van der Waals surface area contributed by atoms with Crippen LogP contribution in [0.3, 0.4) is 0 Å². The Kier molecular flexibility index (Phi) is 4.90. The van der Waals surface area contributed by atoms with Crippen LogP contribution in [-0.4, -0.2) is 41.2 Å². The van der Waals surface area contributed by atoms with Gasteiger partial charge in [0.05, 0.1) is 18.6 Å². The quantitative estimate of drug-likeness (QED) is 0.908. The highest BCUT2D eigenvalue weighted by molar-refractivity contribution is 5.76. The number of carbonyl (C=O) groups is 1. The Morgan fingerprint density at radius 1 is 1.35 bits per heavy atom. The molecular formula is C19H27NO3. The van der Waals surface area contributed by atoms with Gasteiger partial charge in [-0.15, -0.1) is 0 Å². The first-order valence-corrected chi connectivity index (χ1v) is 8.80. The molecule has 0 unspecified atom stereocenters. The number of benzene rings is 1. The molecule has 1 aliphatic heterocycles. The molecule has 1 aromatic rings. The average Bonchev–Trinajstić information content (AvgIpc) is 3.02. The first kappa shape index (κ1) is 16.3. The molecule has 3 atom stereocenters. The van der Waals surface area contributed by atoms with Crippen molar-refractivity contribution < 1.29 is 14.6 Å². The minimum absolute atomic E-state index is 0.147. The van der Waals surface area contributed by atoms with Crippen LogP contribution in [0.1, 0.15) is 39.0 Å². The van der Waals surface area contributed by atoms with E-state index in [1.807, 2.05) is 35.2 Å². The second-order valence-electron chi connectivity index (χ2n) is 6.93. The normalized spacial score (nSPS) is 30.1. The summed E-state index contributed by atoms with van der Waals surface area (Å²) in [5, 5.41) is 10.8. The van der Waals surface area contributed by atoms with E-state index in [0.717, 1.165) is 38.0 Å². The lowest BCUT2D eigenvalue weighted by Gasteiger charge is -2.40. The fourth-order valence-electron chi connectivity index (χ4n) is 4.20. The third kappa shape index (κ3) is 3.52. The maximum Gasteiger partial charge on any atom is 0.226 e. The van der Waals surface area contributed by atoms with Gasteiger partial charge in [0.1, 0.15) is 5.75 Å². The summed E-state index contributed by atoms with van der Waals surface area (Å²) in [5.74, 6) is 1.66. The molecule has 23 heavy (non-hydrogen) atoms. The molecule has 1 N–H and O–H groups in total. The van der Waals surface area contributed by atoms with Crippen molar-refractivity contribution in [2.75, 3.05) is 19.7 Å². The summed E-state index contributed by atoms with van der Waals surface area (Å²) in [6, 6.07) is 9.59. The molecule has 2 aliphatic rings. The van der Waals surface area contributed by atoms with Gasteiger partial charge in [0.25, 0.3) is 0 Å². The minimum atomic E-state index is -0.571. The predicted octanol–water partition coefficient (Wildman–Crippen LogP) is 2.86. The molecule has 1 heterocycles. The highest BCUT2D eigenvalue weighted by Gasteiger charge is 2.48. The SMILES string of the molecule is CC[C@]1(O)CCC[C@H]2CN(C(=O)CCOc3ccccc3)C[C@H]21. The molecule has 2 fully saturated rings. The van der Waals surface area contributed by atoms with Crippen LogP contribution in [0.5, 0.6) is 5.75 Å². The number of para-hydroxylation sites is 1. The zero-order chi connectivity index (χ0) is 16.3. The monoisotopic (exact) mass is 317 g/mol. The lowest BCUT2D eigenvalue weighted by molar-refractivity contribution is -0.131.